The summed E-state index contributed by atoms with van der Waals surface area (Å²) < 4.78 is 5.53. The van der Waals surface area contributed by atoms with Crippen LogP contribution in [0.25, 0.3) is 22.3 Å². The zero-order chi connectivity index (χ0) is 20.3. The quantitative estimate of drug-likeness (QED) is 0.533. The highest BCUT2D eigenvalue weighted by atomic mass is 16.5. The van der Waals surface area contributed by atoms with E-state index in [0.717, 1.165) is 41.2 Å². The molecule has 0 spiro atoms. The molecule has 0 bridgehead atoms. The summed E-state index contributed by atoms with van der Waals surface area (Å²) in [5.74, 6) is 1.63. The van der Waals surface area contributed by atoms with Crippen molar-refractivity contribution in [3.05, 3.63) is 55.1 Å². The summed E-state index contributed by atoms with van der Waals surface area (Å²) in [6, 6.07) is 9.89. The van der Waals surface area contributed by atoms with Crippen LogP contribution in [-0.2, 0) is 4.74 Å². The van der Waals surface area contributed by atoms with Crippen LogP contribution in [-0.4, -0.2) is 51.2 Å². The minimum atomic E-state index is 0.215. The first kappa shape index (κ1) is 18.2. The van der Waals surface area contributed by atoms with E-state index in [4.69, 9.17) is 20.4 Å². The molecule has 0 atom stereocenters. The second-order valence-electron chi connectivity index (χ2n) is 6.87. The number of aromatic nitrogens is 5. The fourth-order valence-corrected chi connectivity index (χ4v) is 3.43. The van der Waals surface area contributed by atoms with Gasteiger partial charge >= 0.3 is 0 Å². The first-order chi connectivity index (χ1) is 14.8. The Balaban J connectivity index is 1.68. The Hall–Kier alpha value is -3.85. The molecule has 150 valence electrons. The summed E-state index contributed by atoms with van der Waals surface area (Å²) in [4.78, 5) is 24.3. The van der Waals surface area contributed by atoms with Crippen molar-refractivity contribution in [3.8, 4) is 11.4 Å². The van der Waals surface area contributed by atoms with Crippen LogP contribution < -0.4 is 16.0 Å². The smallest absolute Gasteiger partial charge is 0.219 e. The van der Waals surface area contributed by atoms with Gasteiger partial charge in [-0.15, -0.1) is 0 Å². The summed E-state index contributed by atoms with van der Waals surface area (Å²) in [5, 5.41) is 4.38. The molecule has 1 aliphatic heterocycles. The number of rotatable bonds is 4. The standard InChI is InChI=1S/C21H20N8O/c22-21-24-11-14(12-25-21)19-27-18-16(20(28-19)29-7-9-30-10-8-29)4-1-5-17(18)26-15-3-2-6-23-13-15/h1-6,11-13,26H,7-10H2,(H2,22,24,25). The fourth-order valence-electron chi connectivity index (χ4n) is 3.43. The van der Waals surface area contributed by atoms with Gasteiger partial charge in [-0.25, -0.2) is 19.9 Å². The molecule has 0 saturated carbocycles. The minimum absolute atomic E-state index is 0.215. The van der Waals surface area contributed by atoms with Gasteiger partial charge in [0, 0.05) is 37.1 Å². The molecule has 9 heteroatoms. The predicted molar refractivity (Wildman–Crippen MR) is 116 cm³/mol. The number of nitrogens with zero attached hydrogens (tertiary/aromatic N) is 6. The molecule has 1 aliphatic rings. The third kappa shape index (κ3) is 3.58. The molecule has 0 amide bonds. The third-order valence-electron chi connectivity index (χ3n) is 4.89. The lowest BCUT2D eigenvalue weighted by atomic mass is 10.1. The van der Waals surface area contributed by atoms with E-state index < -0.39 is 0 Å². The molecule has 0 unspecified atom stereocenters. The number of morpholine rings is 1. The highest BCUT2D eigenvalue weighted by Gasteiger charge is 2.19. The zero-order valence-corrected chi connectivity index (χ0v) is 16.2. The summed E-state index contributed by atoms with van der Waals surface area (Å²) in [6.45, 7) is 2.87. The highest BCUT2D eigenvalue weighted by molar-refractivity contribution is 5.99. The maximum absolute atomic E-state index is 5.65. The topological polar surface area (TPSA) is 115 Å². The lowest BCUT2D eigenvalue weighted by Gasteiger charge is -2.29. The van der Waals surface area contributed by atoms with E-state index in [-0.39, 0.29) is 5.95 Å². The van der Waals surface area contributed by atoms with Gasteiger partial charge < -0.3 is 20.7 Å². The van der Waals surface area contributed by atoms with Gasteiger partial charge in [-0.1, -0.05) is 6.07 Å². The van der Waals surface area contributed by atoms with E-state index in [9.17, 15) is 0 Å². The molecule has 5 rings (SSSR count). The molecule has 1 aromatic carbocycles. The molecule has 0 radical (unpaired) electrons. The number of hydrogen-bond acceptors (Lipinski definition) is 9. The Morgan fingerprint density at radius 2 is 1.80 bits per heavy atom. The van der Waals surface area contributed by atoms with Crippen LogP contribution in [0.4, 0.5) is 23.1 Å². The maximum atomic E-state index is 5.65. The van der Waals surface area contributed by atoms with E-state index in [0.29, 0.717) is 24.6 Å². The van der Waals surface area contributed by atoms with Crippen molar-refractivity contribution in [2.24, 2.45) is 0 Å². The van der Waals surface area contributed by atoms with Gasteiger partial charge in [0.05, 0.1) is 41.9 Å². The summed E-state index contributed by atoms with van der Waals surface area (Å²) in [6.07, 6.45) is 6.80. The van der Waals surface area contributed by atoms with Gasteiger partial charge in [0.2, 0.25) is 5.95 Å². The van der Waals surface area contributed by atoms with Crippen LogP contribution in [0, 0.1) is 0 Å². The number of nitrogen functional groups attached to an aromatic ring is 1. The molecule has 0 aliphatic carbocycles. The van der Waals surface area contributed by atoms with Crippen LogP contribution in [0.15, 0.2) is 55.1 Å². The molecule has 3 N–H and O–H groups in total. The Labute approximate surface area is 173 Å². The van der Waals surface area contributed by atoms with Crippen molar-refractivity contribution in [1.82, 2.24) is 24.9 Å². The number of nitrogens with two attached hydrogens (primary N) is 1. The minimum Gasteiger partial charge on any atom is -0.378 e. The SMILES string of the molecule is Nc1ncc(-c2nc(N3CCOCC3)c3cccc(Nc4cccnc4)c3n2)cn1. The van der Waals surface area contributed by atoms with E-state index in [1.165, 1.54) is 0 Å². The lowest BCUT2D eigenvalue weighted by Crippen LogP contribution is -2.37. The van der Waals surface area contributed by atoms with Crippen molar-refractivity contribution in [3.63, 3.8) is 0 Å². The van der Waals surface area contributed by atoms with E-state index in [2.05, 4.69) is 25.2 Å². The summed E-state index contributed by atoms with van der Waals surface area (Å²) >= 11 is 0. The monoisotopic (exact) mass is 400 g/mol. The van der Waals surface area contributed by atoms with Crippen LogP contribution in [0.1, 0.15) is 0 Å². The Kier molecular flexibility index (Phi) is 4.78. The molecule has 3 aromatic heterocycles. The Morgan fingerprint density at radius 1 is 0.967 bits per heavy atom. The molecule has 4 heterocycles. The number of hydrogen-bond donors (Lipinski definition) is 2. The van der Waals surface area contributed by atoms with Gasteiger partial charge in [0.25, 0.3) is 0 Å². The number of nitrogens with one attached hydrogen (secondary N) is 1. The Morgan fingerprint density at radius 3 is 2.57 bits per heavy atom. The van der Waals surface area contributed by atoms with Crippen molar-refractivity contribution < 1.29 is 4.74 Å². The van der Waals surface area contributed by atoms with Crippen LogP contribution in [0.5, 0.6) is 0 Å². The van der Waals surface area contributed by atoms with Crippen molar-refractivity contribution in [2.45, 2.75) is 0 Å². The van der Waals surface area contributed by atoms with E-state index in [1.807, 2.05) is 30.3 Å². The van der Waals surface area contributed by atoms with Gasteiger partial charge in [-0.3, -0.25) is 4.98 Å². The number of para-hydroxylation sites is 1. The number of fused-ring (bicyclic) bond motifs is 1. The average molecular weight is 400 g/mol. The van der Waals surface area contributed by atoms with Crippen LogP contribution >= 0.6 is 0 Å². The Bertz CT molecular complexity index is 1160. The number of anilines is 4. The first-order valence-corrected chi connectivity index (χ1v) is 9.66. The molecule has 30 heavy (non-hydrogen) atoms. The molecule has 4 aromatic rings. The number of ether oxygens (including phenoxy) is 1. The first-order valence-electron chi connectivity index (χ1n) is 9.66. The van der Waals surface area contributed by atoms with Gasteiger partial charge in [-0.2, -0.15) is 0 Å². The van der Waals surface area contributed by atoms with E-state index >= 15 is 0 Å². The second-order valence-corrected chi connectivity index (χ2v) is 6.87. The van der Waals surface area contributed by atoms with Crippen LogP contribution in [0.2, 0.25) is 0 Å². The highest BCUT2D eigenvalue weighted by Crippen LogP contribution is 2.33. The largest absolute Gasteiger partial charge is 0.378 e. The van der Waals surface area contributed by atoms with Gasteiger partial charge in [0.1, 0.15) is 5.82 Å². The zero-order valence-electron chi connectivity index (χ0n) is 16.2. The van der Waals surface area contributed by atoms with Crippen molar-refractivity contribution in [2.75, 3.05) is 42.3 Å². The second kappa shape index (κ2) is 7.88. The summed E-state index contributed by atoms with van der Waals surface area (Å²) in [7, 11) is 0. The van der Waals surface area contributed by atoms with E-state index in [1.54, 1.807) is 24.8 Å². The average Bonchev–Trinajstić information content (AvgIpc) is 2.80. The lowest BCUT2D eigenvalue weighted by molar-refractivity contribution is 0.122. The van der Waals surface area contributed by atoms with Crippen molar-refractivity contribution in [1.29, 1.82) is 0 Å². The maximum Gasteiger partial charge on any atom is 0.219 e. The normalized spacial score (nSPS) is 14.1. The number of benzene rings is 1. The number of pyridine rings is 1. The summed E-state index contributed by atoms with van der Waals surface area (Å²) in [5.41, 5.74) is 8.92. The fraction of sp³-hybridized carbons (Fsp3) is 0.190. The predicted octanol–water partition coefficient (Wildman–Crippen LogP) is 2.64. The van der Waals surface area contributed by atoms with Gasteiger partial charge in [0.15, 0.2) is 5.82 Å². The van der Waals surface area contributed by atoms with Crippen molar-refractivity contribution >= 4 is 34.0 Å². The molecule has 1 fully saturated rings. The molecular weight excluding hydrogens is 380 g/mol. The molecule has 1 saturated heterocycles. The van der Waals surface area contributed by atoms with Crippen LogP contribution in [0.3, 0.4) is 0 Å². The molecule has 9 nitrogen and oxygen atoms in total. The third-order valence-corrected chi connectivity index (χ3v) is 4.89. The molecular formula is C21H20N8O. The van der Waals surface area contributed by atoms with Gasteiger partial charge in [-0.05, 0) is 24.3 Å².